The molecule has 0 atom stereocenters. The fraction of sp³-hybridized carbons (Fsp3) is 0.222. The Labute approximate surface area is 143 Å². The lowest BCUT2D eigenvalue weighted by molar-refractivity contribution is -0.385. The Morgan fingerprint density at radius 1 is 1.12 bits per heavy atom. The minimum Gasteiger partial charge on any atom is -0.303 e. The van der Waals surface area contributed by atoms with E-state index in [1.165, 1.54) is 28.6 Å². The largest absolute Gasteiger partial charge is 0.303 e. The number of hydrogen-bond donors (Lipinski definition) is 0. The average Bonchev–Trinajstić information content (AvgIpc) is 3.21. The number of para-hydroxylation sites is 1. The van der Waals surface area contributed by atoms with E-state index in [4.69, 9.17) is 5.10 Å². The Kier molecular flexibility index (Phi) is 3.68. The Morgan fingerprint density at radius 2 is 1.92 bits per heavy atom. The molecular formula is C18H16N4O3. The minimum absolute atomic E-state index is 0.0984. The van der Waals surface area contributed by atoms with Crippen molar-refractivity contribution in [3.8, 4) is 5.69 Å². The molecule has 0 spiro atoms. The standard InChI is InChI=1S/C18H16N4O3/c23-18-10-9-14(22(24)25)11-20(18)12-16-15-7-4-8-17(15)21(19-16)13-5-2-1-3-6-13/h1-3,5-6,9-11H,4,7-8,12H2. The second-order valence-electron chi connectivity index (χ2n) is 6.08. The van der Waals surface area contributed by atoms with Crippen LogP contribution in [0.4, 0.5) is 5.69 Å². The van der Waals surface area contributed by atoms with Crippen molar-refractivity contribution in [1.29, 1.82) is 0 Å². The zero-order valence-corrected chi connectivity index (χ0v) is 13.5. The number of fused-ring (bicyclic) bond motifs is 1. The van der Waals surface area contributed by atoms with Crippen LogP contribution in [0.15, 0.2) is 53.5 Å². The lowest BCUT2D eigenvalue weighted by Gasteiger charge is -2.05. The van der Waals surface area contributed by atoms with Gasteiger partial charge in [0.1, 0.15) is 0 Å². The van der Waals surface area contributed by atoms with Crippen molar-refractivity contribution >= 4 is 5.69 Å². The average molecular weight is 336 g/mol. The van der Waals surface area contributed by atoms with E-state index in [0.29, 0.717) is 0 Å². The van der Waals surface area contributed by atoms with Gasteiger partial charge in [-0.1, -0.05) is 18.2 Å². The Balaban J connectivity index is 1.77. The van der Waals surface area contributed by atoms with E-state index in [1.54, 1.807) is 0 Å². The summed E-state index contributed by atoms with van der Waals surface area (Å²) in [6, 6.07) is 12.3. The molecule has 0 radical (unpaired) electrons. The monoisotopic (exact) mass is 336 g/mol. The van der Waals surface area contributed by atoms with Crippen molar-refractivity contribution in [3.05, 3.63) is 86.1 Å². The molecule has 2 heterocycles. The maximum atomic E-state index is 12.1. The van der Waals surface area contributed by atoms with Crippen molar-refractivity contribution in [2.24, 2.45) is 0 Å². The number of pyridine rings is 1. The summed E-state index contributed by atoms with van der Waals surface area (Å²) >= 11 is 0. The molecule has 1 aliphatic rings. The van der Waals surface area contributed by atoms with Crippen LogP contribution >= 0.6 is 0 Å². The number of aromatic nitrogens is 3. The SMILES string of the molecule is O=c1ccc([N+](=O)[O-])cn1Cc1nn(-c2ccccc2)c2c1CCC2. The zero-order valence-electron chi connectivity index (χ0n) is 13.5. The quantitative estimate of drug-likeness (QED) is 0.541. The van der Waals surface area contributed by atoms with Crippen molar-refractivity contribution in [2.45, 2.75) is 25.8 Å². The van der Waals surface area contributed by atoms with Crippen LogP contribution in [-0.4, -0.2) is 19.3 Å². The van der Waals surface area contributed by atoms with E-state index in [2.05, 4.69) is 0 Å². The highest BCUT2D eigenvalue weighted by molar-refractivity contribution is 5.40. The lowest BCUT2D eigenvalue weighted by atomic mass is 10.2. The first kappa shape index (κ1) is 15.3. The van der Waals surface area contributed by atoms with Crippen LogP contribution in [0, 0.1) is 10.1 Å². The highest BCUT2D eigenvalue weighted by atomic mass is 16.6. The zero-order chi connectivity index (χ0) is 17.4. The van der Waals surface area contributed by atoms with Crippen molar-refractivity contribution in [2.75, 3.05) is 0 Å². The van der Waals surface area contributed by atoms with E-state index in [1.807, 2.05) is 35.0 Å². The van der Waals surface area contributed by atoms with Gasteiger partial charge in [0.05, 0.1) is 29.0 Å². The van der Waals surface area contributed by atoms with Crippen LogP contribution in [0.5, 0.6) is 0 Å². The van der Waals surface area contributed by atoms with Crippen LogP contribution in [-0.2, 0) is 19.4 Å². The second kappa shape index (κ2) is 6.01. The summed E-state index contributed by atoms with van der Waals surface area (Å²) in [7, 11) is 0. The summed E-state index contributed by atoms with van der Waals surface area (Å²) in [5.41, 5.74) is 3.74. The molecule has 2 aromatic heterocycles. The molecule has 3 aromatic rings. The molecule has 7 nitrogen and oxygen atoms in total. The normalized spacial score (nSPS) is 13.0. The van der Waals surface area contributed by atoms with Gasteiger partial charge in [-0.25, -0.2) is 4.68 Å². The first-order chi connectivity index (χ1) is 12.1. The second-order valence-corrected chi connectivity index (χ2v) is 6.08. The van der Waals surface area contributed by atoms with Crippen molar-refractivity contribution < 1.29 is 4.92 Å². The molecule has 0 amide bonds. The van der Waals surface area contributed by atoms with Crippen LogP contribution in [0.3, 0.4) is 0 Å². The van der Waals surface area contributed by atoms with Gasteiger partial charge >= 0.3 is 0 Å². The molecule has 0 fully saturated rings. The van der Waals surface area contributed by atoms with Gasteiger partial charge in [-0.05, 0) is 37.0 Å². The molecule has 0 N–H and O–H groups in total. The van der Waals surface area contributed by atoms with Gasteiger partial charge in [0.2, 0.25) is 0 Å². The molecule has 126 valence electrons. The summed E-state index contributed by atoms with van der Waals surface area (Å²) < 4.78 is 3.29. The third-order valence-corrected chi connectivity index (χ3v) is 4.51. The molecule has 0 aliphatic heterocycles. The van der Waals surface area contributed by atoms with Crippen molar-refractivity contribution in [1.82, 2.24) is 14.3 Å². The van der Waals surface area contributed by atoms with Crippen LogP contribution in [0.1, 0.15) is 23.4 Å². The lowest BCUT2D eigenvalue weighted by Crippen LogP contribution is -2.20. The van der Waals surface area contributed by atoms with Gasteiger partial charge in [0.15, 0.2) is 0 Å². The van der Waals surface area contributed by atoms with Crippen LogP contribution < -0.4 is 5.56 Å². The molecule has 0 saturated heterocycles. The van der Waals surface area contributed by atoms with Gasteiger partial charge < -0.3 is 4.57 Å². The number of rotatable bonds is 4. The van der Waals surface area contributed by atoms with Crippen LogP contribution in [0.25, 0.3) is 5.69 Å². The van der Waals surface area contributed by atoms with Gasteiger partial charge in [-0.3, -0.25) is 14.9 Å². The Hall–Kier alpha value is -3.22. The number of nitro groups is 1. The summed E-state index contributed by atoms with van der Waals surface area (Å²) in [5.74, 6) is 0. The molecule has 0 bridgehead atoms. The fourth-order valence-corrected chi connectivity index (χ4v) is 3.34. The van der Waals surface area contributed by atoms with Crippen LogP contribution in [0.2, 0.25) is 0 Å². The Bertz CT molecular complexity index is 1000. The smallest absolute Gasteiger partial charge is 0.285 e. The van der Waals surface area contributed by atoms with E-state index in [-0.39, 0.29) is 17.8 Å². The fourth-order valence-electron chi connectivity index (χ4n) is 3.34. The molecule has 4 rings (SSSR count). The third kappa shape index (κ3) is 2.73. The molecule has 25 heavy (non-hydrogen) atoms. The predicted molar refractivity (Wildman–Crippen MR) is 92.0 cm³/mol. The predicted octanol–water partition coefficient (Wildman–Crippen LogP) is 2.48. The summed E-state index contributed by atoms with van der Waals surface area (Å²) in [6.45, 7) is 0.239. The van der Waals surface area contributed by atoms with Gasteiger partial charge in [0.25, 0.3) is 11.2 Å². The first-order valence-electron chi connectivity index (χ1n) is 8.13. The summed E-state index contributed by atoms with van der Waals surface area (Å²) in [4.78, 5) is 22.5. The van der Waals surface area contributed by atoms with Gasteiger partial charge in [0, 0.05) is 17.8 Å². The molecule has 0 unspecified atom stereocenters. The van der Waals surface area contributed by atoms with E-state index < -0.39 is 4.92 Å². The van der Waals surface area contributed by atoms with E-state index in [9.17, 15) is 14.9 Å². The highest BCUT2D eigenvalue weighted by Gasteiger charge is 2.23. The van der Waals surface area contributed by atoms with Crippen molar-refractivity contribution in [3.63, 3.8) is 0 Å². The molecule has 7 heteroatoms. The van der Waals surface area contributed by atoms with E-state index in [0.717, 1.165) is 36.2 Å². The number of hydrogen-bond acceptors (Lipinski definition) is 4. The number of nitrogens with zero attached hydrogens (tertiary/aromatic N) is 4. The van der Waals surface area contributed by atoms with Gasteiger partial charge in [-0.15, -0.1) is 0 Å². The Morgan fingerprint density at radius 3 is 2.68 bits per heavy atom. The highest BCUT2D eigenvalue weighted by Crippen LogP contribution is 2.28. The summed E-state index contributed by atoms with van der Waals surface area (Å²) in [6.07, 6.45) is 4.20. The van der Waals surface area contributed by atoms with Gasteiger partial charge in [-0.2, -0.15) is 5.10 Å². The topological polar surface area (TPSA) is 83.0 Å². The number of benzene rings is 1. The first-order valence-corrected chi connectivity index (χ1v) is 8.13. The molecule has 0 saturated carbocycles. The minimum atomic E-state index is -0.497. The van der Waals surface area contributed by atoms with E-state index >= 15 is 0 Å². The maximum absolute atomic E-state index is 12.1. The molecule has 1 aliphatic carbocycles. The summed E-state index contributed by atoms with van der Waals surface area (Å²) in [5, 5.41) is 15.7. The third-order valence-electron chi connectivity index (χ3n) is 4.51. The molecule has 1 aromatic carbocycles. The molecular weight excluding hydrogens is 320 g/mol. The maximum Gasteiger partial charge on any atom is 0.285 e.